The molecular formula is C10H7BrINO. The number of aromatic nitrogens is 1. The van der Waals surface area contributed by atoms with Gasteiger partial charge in [-0.25, -0.2) is 0 Å². The van der Waals surface area contributed by atoms with Gasteiger partial charge in [-0.15, -0.1) is 0 Å². The third-order valence-electron chi connectivity index (χ3n) is 2.00. The predicted molar refractivity (Wildman–Crippen MR) is 68.7 cm³/mol. The van der Waals surface area contributed by atoms with Crippen molar-refractivity contribution >= 4 is 49.3 Å². The Hall–Kier alpha value is -0.360. The zero-order chi connectivity index (χ0) is 10.1. The lowest BCUT2D eigenvalue weighted by atomic mass is 10.1. The van der Waals surface area contributed by atoms with E-state index in [9.17, 15) is 0 Å². The van der Waals surface area contributed by atoms with Gasteiger partial charge in [0.15, 0.2) is 0 Å². The topological polar surface area (TPSA) is 22.1 Å². The Morgan fingerprint density at radius 2 is 2.14 bits per heavy atom. The summed E-state index contributed by atoms with van der Waals surface area (Å²) in [5.74, 6) is 0.856. The van der Waals surface area contributed by atoms with E-state index in [1.165, 1.54) is 0 Å². The highest BCUT2D eigenvalue weighted by atomic mass is 127. The molecule has 0 N–H and O–H groups in total. The molecule has 0 aliphatic carbocycles. The van der Waals surface area contributed by atoms with E-state index in [-0.39, 0.29) is 0 Å². The molecule has 2 rings (SSSR count). The molecule has 14 heavy (non-hydrogen) atoms. The first-order valence-corrected chi connectivity index (χ1v) is 5.87. The fraction of sp³-hybridized carbons (Fsp3) is 0.100. The molecule has 0 unspecified atom stereocenters. The molecule has 4 heteroatoms. The van der Waals surface area contributed by atoms with Crippen LogP contribution in [-0.2, 0) is 0 Å². The van der Waals surface area contributed by atoms with Crippen LogP contribution in [0.3, 0.4) is 0 Å². The summed E-state index contributed by atoms with van der Waals surface area (Å²) in [5.41, 5.74) is 0. The largest absolute Gasteiger partial charge is 0.496 e. The Kier molecular flexibility index (Phi) is 2.92. The summed E-state index contributed by atoms with van der Waals surface area (Å²) in [6, 6.07) is 3.92. The van der Waals surface area contributed by atoms with Crippen LogP contribution in [0.15, 0.2) is 29.0 Å². The first-order chi connectivity index (χ1) is 6.74. The number of benzene rings is 1. The Labute approximate surface area is 104 Å². The van der Waals surface area contributed by atoms with E-state index in [2.05, 4.69) is 43.5 Å². The monoisotopic (exact) mass is 363 g/mol. The molecule has 0 radical (unpaired) electrons. The van der Waals surface area contributed by atoms with E-state index < -0.39 is 0 Å². The highest BCUT2D eigenvalue weighted by Gasteiger charge is 2.07. The van der Waals surface area contributed by atoms with Crippen LogP contribution in [-0.4, -0.2) is 12.1 Å². The number of fused-ring (bicyclic) bond motifs is 1. The summed E-state index contributed by atoms with van der Waals surface area (Å²) in [6.07, 6.45) is 3.66. The molecule has 1 aromatic heterocycles. The van der Waals surface area contributed by atoms with Crippen LogP contribution in [0.5, 0.6) is 5.75 Å². The van der Waals surface area contributed by atoms with Crippen molar-refractivity contribution < 1.29 is 4.74 Å². The Balaban J connectivity index is 2.91. The van der Waals surface area contributed by atoms with Crippen molar-refractivity contribution in [3.05, 3.63) is 32.6 Å². The molecule has 0 fully saturated rings. The van der Waals surface area contributed by atoms with Gasteiger partial charge in [0.2, 0.25) is 0 Å². The number of nitrogens with zero attached hydrogens (tertiary/aromatic N) is 1. The number of rotatable bonds is 1. The first kappa shape index (κ1) is 10.2. The van der Waals surface area contributed by atoms with Gasteiger partial charge in [0, 0.05) is 31.2 Å². The van der Waals surface area contributed by atoms with Crippen LogP contribution in [0.4, 0.5) is 0 Å². The molecule has 1 heterocycles. The van der Waals surface area contributed by atoms with Gasteiger partial charge in [0.25, 0.3) is 0 Å². The van der Waals surface area contributed by atoms with E-state index in [0.29, 0.717) is 0 Å². The normalized spacial score (nSPS) is 10.5. The number of hydrogen-bond donors (Lipinski definition) is 0. The van der Waals surface area contributed by atoms with Gasteiger partial charge >= 0.3 is 0 Å². The van der Waals surface area contributed by atoms with Crippen molar-refractivity contribution in [3.63, 3.8) is 0 Å². The van der Waals surface area contributed by atoms with Crippen LogP contribution < -0.4 is 4.74 Å². The molecule has 0 saturated heterocycles. The zero-order valence-electron chi connectivity index (χ0n) is 7.42. The summed E-state index contributed by atoms with van der Waals surface area (Å²) in [7, 11) is 1.67. The van der Waals surface area contributed by atoms with Crippen LogP contribution in [0.1, 0.15) is 0 Å². The third-order valence-corrected chi connectivity index (χ3v) is 3.48. The highest BCUT2D eigenvalue weighted by Crippen LogP contribution is 2.33. The Morgan fingerprint density at radius 1 is 1.36 bits per heavy atom. The van der Waals surface area contributed by atoms with Crippen LogP contribution in [0.2, 0.25) is 0 Å². The lowest BCUT2D eigenvalue weighted by Crippen LogP contribution is -1.88. The maximum absolute atomic E-state index is 5.27. The molecule has 72 valence electrons. The van der Waals surface area contributed by atoms with Gasteiger partial charge in [-0.05, 0) is 34.7 Å². The molecule has 0 saturated carbocycles. The van der Waals surface area contributed by atoms with Crippen LogP contribution >= 0.6 is 38.5 Å². The predicted octanol–water partition coefficient (Wildman–Crippen LogP) is 3.61. The van der Waals surface area contributed by atoms with Gasteiger partial charge in [-0.2, -0.15) is 0 Å². The molecule has 0 spiro atoms. The van der Waals surface area contributed by atoms with E-state index in [0.717, 1.165) is 24.6 Å². The number of ether oxygens (including phenoxy) is 1. The first-order valence-electron chi connectivity index (χ1n) is 3.99. The van der Waals surface area contributed by atoms with Gasteiger partial charge < -0.3 is 4.74 Å². The van der Waals surface area contributed by atoms with E-state index in [4.69, 9.17) is 4.74 Å². The number of pyridine rings is 1. The highest BCUT2D eigenvalue weighted by molar-refractivity contribution is 14.1. The Bertz CT molecular complexity index is 479. The summed E-state index contributed by atoms with van der Waals surface area (Å²) in [4.78, 5) is 4.15. The van der Waals surface area contributed by atoms with Crippen LogP contribution in [0, 0.1) is 3.57 Å². The van der Waals surface area contributed by atoms with Crippen LogP contribution in [0.25, 0.3) is 10.8 Å². The smallest absolute Gasteiger partial charge is 0.128 e. The molecule has 2 aromatic rings. The van der Waals surface area contributed by atoms with Crippen molar-refractivity contribution in [3.8, 4) is 5.75 Å². The molecule has 0 bridgehead atoms. The standard InChI is InChI=1S/C10H7BrINO/c1-14-9-3-2-7(11)10-6(9)4-13-5-8(10)12/h2-5H,1H3. The summed E-state index contributed by atoms with van der Waals surface area (Å²) in [6.45, 7) is 0. The summed E-state index contributed by atoms with van der Waals surface area (Å²) < 4.78 is 7.46. The van der Waals surface area contributed by atoms with Crippen molar-refractivity contribution in [1.82, 2.24) is 4.98 Å². The molecule has 1 aromatic carbocycles. The van der Waals surface area contributed by atoms with Gasteiger partial charge in [-0.1, -0.05) is 15.9 Å². The summed E-state index contributed by atoms with van der Waals surface area (Å²) >= 11 is 5.79. The summed E-state index contributed by atoms with van der Waals surface area (Å²) in [5, 5.41) is 2.19. The SMILES string of the molecule is COc1ccc(Br)c2c(I)cncc12. The molecule has 0 aliphatic heterocycles. The van der Waals surface area contributed by atoms with E-state index >= 15 is 0 Å². The third kappa shape index (κ3) is 1.61. The van der Waals surface area contributed by atoms with E-state index in [1.54, 1.807) is 7.11 Å². The number of hydrogen-bond acceptors (Lipinski definition) is 2. The second-order valence-corrected chi connectivity index (χ2v) is 4.81. The average Bonchev–Trinajstić information content (AvgIpc) is 2.18. The molecule has 0 amide bonds. The molecule has 2 nitrogen and oxygen atoms in total. The zero-order valence-corrected chi connectivity index (χ0v) is 11.2. The minimum absolute atomic E-state index is 0.856. The lowest BCUT2D eigenvalue weighted by Gasteiger charge is -2.07. The number of halogens is 2. The molecular weight excluding hydrogens is 357 g/mol. The number of methoxy groups -OCH3 is 1. The second-order valence-electron chi connectivity index (χ2n) is 2.79. The fourth-order valence-corrected chi connectivity index (χ4v) is 3.04. The van der Waals surface area contributed by atoms with Gasteiger partial charge in [0.1, 0.15) is 5.75 Å². The van der Waals surface area contributed by atoms with Crippen molar-refractivity contribution in [1.29, 1.82) is 0 Å². The fourth-order valence-electron chi connectivity index (χ4n) is 1.36. The minimum atomic E-state index is 0.856. The van der Waals surface area contributed by atoms with Gasteiger partial charge in [-0.3, -0.25) is 4.98 Å². The average molecular weight is 364 g/mol. The van der Waals surface area contributed by atoms with Crippen molar-refractivity contribution in [2.45, 2.75) is 0 Å². The maximum atomic E-state index is 5.27. The minimum Gasteiger partial charge on any atom is -0.496 e. The molecule has 0 aliphatic rings. The Morgan fingerprint density at radius 3 is 2.86 bits per heavy atom. The molecule has 0 atom stereocenters. The maximum Gasteiger partial charge on any atom is 0.128 e. The van der Waals surface area contributed by atoms with E-state index in [1.807, 2.05) is 24.5 Å². The van der Waals surface area contributed by atoms with Crippen molar-refractivity contribution in [2.75, 3.05) is 7.11 Å². The van der Waals surface area contributed by atoms with Crippen molar-refractivity contribution in [2.24, 2.45) is 0 Å². The quantitative estimate of drug-likeness (QED) is 0.722. The lowest BCUT2D eigenvalue weighted by molar-refractivity contribution is 0.419. The second kappa shape index (κ2) is 4.02. The van der Waals surface area contributed by atoms with Gasteiger partial charge in [0.05, 0.1) is 7.11 Å².